The van der Waals surface area contributed by atoms with E-state index in [0.29, 0.717) is 31.0 Å². The molecule has 0 saturated heterocycles. The van der Waals surface area contributed by atoms with E-state index in [2.05, 4.69) is 27.4 Å². The molecule has 4 aromatic rings. The molecule has 0 fully saturated rings. The Morgan fingerprint density at radius 3 is 2.66 bits per heavy atom. The van der Waals surface area contributed by atoms with Crippen LogP contribution in [0.1, 0.15) is 38.9 Å². The van der Waals surface area contributed by atoms with Crippen LogP contribution in [-0.4, -0.2) is 39.8 Å². The number of rotatable bonds is 8. The summed E-state index contributed by atoms with van der Waals surface area (Å²) in [5.41, 5.74) is 12.9. The molecule has 1 atom stereocenters. The molecule has 1 aliphatic rings. The van der Waals surface area contributed by atoms with Crippen molar-refractivity contribution in [3.8, 4) is 16.8 Å². The van der Waals surface area contributed by atoms with Gasteiger partial charge in [0.1, 0.15) is 23.8 Å². The normalized spacial score (nSPS) is 14.8. The second-order valence-corrected chi connectivity index (χ2v) is 8.45. The van der Waals surface area contributed by atoms with Gasteiger partial charge in [-0.1, -0.05) is 60.7 Å². The minimum atomic E-state index is -0.619. The van der Waals surface area contributed by atoms with Crippen LogP contribution in [0, 0.1) is 0 Å². The molecule has 0 amide bonds. The van der Waals surface area contributed by atoms with Crippen molar-refractivity contribution in [2.75, 3.05) is 13.2 Å². The van der Waals surface area contributed by atoms with Crippen LogP contribution in [0.2, 0.25) is 0 Å². The number of aliphatic imine (C=N–C) groups is 1. The van der Waals surface area contributed by atoms with Gasteiger partial charge in [-0.3, -0.25) is 14.4 Å². The average Bonchev–Trinajstić information content (AvgIpc) is 3.35. The van der Waals surface area contributed by atoms with E-state index in [1.54, 1.807) is 12.5 Å². The van der Waals surface area contributed by atoms with Gasteiger partial charge in [0, 0.05) is 25.3 Å². The summed E-state index contributed by atoms with van der Waals surface area (Å²) < 4.78 is 1.82. The first-order valence-electron chi connectivity index (χ1n) is 11.6. The fourth-order valence-electron chi connectivity index (χ4n) is 4.41. The summed E-state index contributed by atoms with van der Waals surface area (Å²) in [6.07, 6.45) is 3.35. The molecule has 4 N–H and O–H groups in total. The Balaban J connectivity index is 1.42. The van der Waals surface area contributed by atoms with E-state index in [9.17, 15) is 4.79 Å². The highest BCUT2D eigenvalue weighted by atomic mass is 16.3. The summed E-state index contributed by atoms with van der Waals surface area (Å²) in [7, 11) is 0. The standard InChI is InChI=1S/C28H27N5O2/c29-15-19-4-3-6-23(14-19)33-18-32-25-17-31-26(28(35)27(25)33)21-10-8-20(9-11-21)24-7-2-1-5-22(24)16-30-12-13-34/h1-11,14,17-18,26,30,34H,12-13,15-16,29H2. The molecular formula is C28H27N5O2. The van der Waals surface area contributed by atoms with E-state index < -0.39 is 6.04 Å². The Hall–Kier alpha value is -3.91. The summed E-state index contributed by atoms with van der Waals surface area (Å²) in [5, 5.41) is 12.3. The molecule has 2 heterocycles. The largest absolute Gasteiger partial charge is 0.395 e. The lowest BCUT2D eigenvalue weighted by Crippen LogP contribution is -2.20. The summed E-state index contributed by atoms with van der Waals surface area (Å²) in [5.74, 6) is -0.0838. The lowest BCUT2D eigenvalue weighted by Gasteiger charge is -2.18. The number of ketones is 1. The molecule has 35 heavy (non-hydrogen) atoms. The first-order chi connectivity index (χ1) is 17.2. The van der Waals surface area contributed by atoms with Gasteiger partial charge in [-0.15, -0.1) is 0 Å². The highest BCUT2D eigenvalue weighted by molar-refractivity contribution is 6.08. The molecule has 1 aliphatic heterocycles. The van der Waals surface area contributed by atoms with Crippen LogP contribution in [-0.2, 0) is 13.1 Å². The number of carbonyl (C=O) groups excluding carboxylic acids is 1. The molecule has 1 aromatic heterocycles. The third-order valence-electron chi connectivity index (χ3n) is 6.21. The SMILES string of the molecule is NCc1cccc(-n2cnc3c2C(=O)C(c2ccc(-c4ccccc4CNCCO)cc2)N=C3)c1. The maximum atomic E-state index is 13.6. The Bertz CT molecular complexity index is 1370. The minimum absolute atomic E-state index is 0.0838. The number of aliphatic hydroxyl groups excluding tert-OH is 1. The summed E-state index contributed by atoms with van der Waals surface area (Å²) in [6, 6.07) is 23.3. The van der Waals surface area contributed by atoms with Crippen LogP contribution in [0.4, 0.5) is 0 Å². The van der Waals surface area contributed by atoms with Crippen LogP contribution in [0.5, 0.6) is 0 Å². The molecule has 5 rings (SSSR count). The molecule has 7 nitrogen and oxygen atoms in total. The topological polar surface area (TPSA) is 106 Å². The number of hydrogen-bond donors (Lipinski definition) is 3. The van der Waals surface area contributed by atoms with Crippen molar-refractivity contribution in [2.45, 2.75) is 19.1 Å². The van der Waals surface area contributed by atoms with E-state index in [1.807, 2.05) is 65.2 Å². The van der Waals surface area contributed by atoms with Crippen LogP contribution < -0.4 is 11.1 Å². The maximum absolute atomic E-state index is 13.6. The number of carbonyl (C=O) groups is 1. The minimum Gasteiger partial charge on any atom is -0.395 e. The molecular weight excluding hydrogens is 438 g/mol. The smallest absolute Gasteiger partial charge is 0.210 e. The number of fused-ring (bicyclic) bond motifs is 1. The number of imidazole rings is 1. The van der Waals surface area contributed by atoms with Crippen molar-refractivity contribution >= 4 is 12.0 Å². The number of aromatic nitrogens is 2. The van der Waals surface area contributed by atoms with E-state index in [-0.39, 0.29) is 12.4 Å². The predicted molar refractivity (Wildman–Crippen MR) is 137 cm³/mol. The predicted octanol–water partition coefficient (Wildman–Crippen LogP) is 3.44. The second kappa shape index (κ2) is 10.1. The van der Waals surface area contributed by atoms with Gasteiger partial charge >= 0.3 is 0 Å². The van der Waals surface area contributed by atoms with Crippen LogP contribution in [0.15, 0.2) is 84.1 Å². The molecule has 3 aromatic carbocycles. The van der Waals surface area contributed by atoms with Gasteiger partial charge in [0.2, 0.25) is 5.78 Å². The van der Waals surface area contributed by atoms with Crippen molar-refractivity contribution in [1.29, 1.82) is 0 Å². The third-order valence-corrected chi connectivity index (χ3v) is 6.21. The van der Waals surface area contributed by atoms with Crippen molar-refractivity contribution in [3.05, 3.63) is 107 Å². The van der Waals surface area contributed by atoms with Crippen molar-refractivity contribution in [1.82, 2.24) is 14.9 Å². The van der Waals surface area contributed by atoms with Crippen molar-refractivity contribution < 1.29 is 9.90 Å². The van der Waals surface area contributed by atoms with Gasteiger partial charge in [-0.25, -0.2) is 4.98 Å². The van der Waals surface area contributed by atoms with Crippen LogP contribution in [0.25, 0.3) is 16.8 Å². The lowest BCUT2D eigenvalue weighted by molar-refractivity contribution is 0.0953. The maximum Gasteiger partial charge on any atom is 0.210 e. The van der Waals surface area contributed by atoms with Crippen LogP contribution >= 0.6 is 0 Å². The number of aliphatic hydroxyl groups is 1. The van der Waals surface area contributed by atoms with E-state index in [0.717, 1.165) is 33.5 Å². The van der Waals surface area contributed by atoms with Crippen molar-refractivity contribution in [2.24, 2.45) is 10.7 Å². The highest BCUT2D eigenvalue weighted by Gasteiger charge is 2.30. The Labute approximate surface area is 204 Å². The third kappa shape index (κ3) is 4.57. The highest BCUT2D eigenvalue weighted by Crippen LogP contribution is 2.31. The number of nitrogens with two attached hydrogens (primary N) is 1. The monoisotopic (exact) mass is 465 g/mol. The van der Waals surface area contributed by atoms with Crippen molar-refractivity contribution in [3.63, 3.8) is 0 Å². The molecule has 0 aliphatic carbocycles. The molecule has 0 radical (unpaired) electrons. The quantitative estimate of drug-likeness (QED) is 0.346. The fourth-order valence-corrected chi connectivity index (χ4v) is 4.41. The Kier molecular flexibility index (Phi) is 6.63. The summed E-state index contributed by atoms with van der Waals surface area (Å²) in [6.45, 7) is 1.74. The summed E-state index contributed by atoms with van der Waals surface area (Å²) >= 11 is 0. The zero-order valence-corrected chi connectivity index (χ0v) is 19.3. The van der Waals surface area contributed by atoms with Gasteiger partial charge in [-0.2, -0.15) is 0 Å². The Morgan fingerprint density at radius 1 is 1.03 bits per heavy atom. The molecule has 0 spiro atoms. The molecule has 0 saturated carbocycles. The zero-order chi connectivity index (χ0) is 24.2. The lowest BCUT2D eigenvalue weighted by atomic mass is 9.94. The Morgan fingerprint density at radius 2 is 1.86 bits per heavy atom. The average molecular weight is 466 g/mol. The van der Waals surface area contributed by atoms with E-state index >= 15 is 0 Å². The van der Waals surface area contributed by atoms with Gasteiger partial charge in [-0.05, 0) is 39.9 Å². The molecule has 7 heteroatoms. The van der Waals surface area contributed by atoms with Gasteiger partial charge < -0.3 is 16.2 Å². The number of hydrogen-bond acceptors (Lipinski definition) is 6. The number of benzene rings is 3. The first-order valence-corrected chi connectivity index (χ1v) is 11.6. The van der Waals surface area contributed by atoms with Crippen LogP contribution in [0.3, 0.4) is 0 Å². The zero-order valence-electron chi connectivity index (χ0n) is 19.3. The molecule has 176 valence electrons. The van der Waals surface area contributed by atoms with Gasteiger partial charge in [0.15, 0.2) is 0 Å². The van der Waals surface area contributed by atoms with Gasteiger partial charge in [0.25, 0.3) is 0 Å². The number of nitrogens with one attached hydrogen (secondary N) is 1. The summed E-state index contributed by atoms with van der Waals surface area (Å²) in [4.78, 5) is 22.5. The van der Waals surface area contributed by atoms with E-state index in [4.69, 9.17) is 10.8 Å². The second-order valence-electron chi connectivity index (χ2n) is 8.45. The number of Topliss-reactive ketones (excluding diaryl/α,β-unsaturated/α-hetero) is 1. The first kappa shape index (κ1) is 22.9. The number of nitrogens with zero attached hydrogens (tertiary/aromatic N) is 3. The van der Waals surface area contributed by atoms with Gasteiger partial charge in [0.05, 0.1) is 12.8 Å². The fraction of sp³-hybridized carbons (Fsp3) is 0.179. The molecule has 0 bridgehead atoms. The van der Waals surface area contributed by atoms with E-state index in [1.165, 1.54) is 0 Å². The molecule has 1 unspecified atom stereocenters.